The van der Waals surface area contributed by atoms with E-state index < -0.39 is 0 Å². The summed E-state index contributed by atoms with van der Waals surface area (Å²) < 4.78 is 5.62. The molecule has 0 fully saturated rings. The molecule has 0 amide bonds. The summed E-state index contributed by atoms with van der Waals surface area (Å²) in [6, 6.07) is 4.14. The molecule has 0 spiro atoms. The molecule has 0 aliphatic heterocycles. The molecular formula is C11H13NO. The monoisotopic (exact) mass is 175 g/mol. The lowest BCUT2D eigenvalue weighted by Gasteiger charge is -1.95. The first-order chi connectivity index (χ1) is 6.16. The fourth-order valence-electron chi connectivity index (χ4n) is 1.36. The number of nitrogens with zero attached hydrogens (tertiary/aromatic N) is 1. The van der Waals surface area contributed by atoms with Crippen LogP contribution in [0.4, 0.5) is 0 Å². The highest BCUT2D eigenvalue weighted by Gasteiger charge is 2.06. The molecule has 0 radical (unpaired) electrons. The van der Waals surface area contributed by atoms with Crippen LogP contribution in [0.1, 0.15) is 31.2 Å². The zero-order valence-electron chi connectivity index (χ0n) is 8.16. The Morgan fingerprint density at radius 1 is 1.31 bits per heavy atom. The van der Waals surface area contributed by atoms with Gasteiger partial charge in [-0.25, -0.2) is 0 Å². The SMILES string of the molecule is Cc1cc2cc(C(C)C)oc2cn1. The van der Waals surface area contributed by atoms with Gasteiger partial charge in [-0.3, -0.25) is 4.98 Å². The number of fused-ring (bicyclic) bond motifs is 1. The molecule has 0 saturated heterocycles. The fraction of sp³-hybridized carbons (Fsp3) is 0.364. The summed E-state index contributed by atoms with van der Waals surface area (Å²) in [5.41, 5.74) is 1.91. The van der Waals surface area contributed by atoms with Crippen molar-refractivity contribution in [2.24, 2.45) is 0 Å². The predicted molar refractivity (Wildman–Crippen MR) is 52.8 cm³/mol. The summed E-state index contributed by atoms with van der Waals surface area (Å²) in [5.74, 6) is 1.47. The summed E-state index contributed by atoms with van der Waals surface area (Å²) in [5, 5.41) is 1.15. The van der Waals surface area contributed by atoms with E-state index in [-0.39, 0.29) is 0 Å². The van der Waals surface area contributed by atoms with Gasteiger partial charge >= 0.3 is 0 Å². The van der Waals surface area contributed by atoms with E-state index in [1.807, 2.05) is 13.0 Å². The Morgan fingerprint density at radius 3 is 2.77 bits per heavy atom. The molecule has 0 unspecified atom stereocenters. The second-order valence-corrected chi connectivity index (χ2v) is 3.67. The van der Waals surface area contributed by atoms with Crippen LogP contribution in [0.3, 0.4) is 0 Å². The largest absolute Gasteiger partial charge is 0.459 e. The van der Waals surface area contributed by atoms with Crippen molar-refractivity contribution in [1.29, 1.82) is 0 Å². The van der Waals surface area contributed by atoms with Crippen LogP contribution >= 0.6 is 0 Å². The Labute approximate surface area is 77.6 Å². The van der Waals surface area contributed by atoms with Gasteiger partial charge in [-0.2, -0.15) is 0 Å². The maximum atomic E-state index is 5.62. The molecular weight excluding hydrogens is 162 g/mol. The third-order valence-electron chi connectivity index (χ3n) is 2.13. The molecule has 0 aliphatic rings. The lowest BCUT2D eigenvalue weighted by Crippen LogP contribution is -1.79. The standard InChI is InChI=1S/C11H13NO/c1-7(2)10-5-9-4-8(3)12-6-11(9)13-10/h4-7H,1-3H3. The normalized spacial score (nSPS) is 11.4. The molecule has 2 aromatic rings. The van der Waals surface area contributed by atoms with E-state index in [1.54, 1.807) is 6.20 Å². The molecule has 2 nitrogen and oxygen atoms in total. The zero-order valence-corrected chi connectivity index (χ0v) is 8.16. The van der Waals surface area contributed by atoms with E-state index >= 15 is 0 Å². The minimum absolute atomic E-state index is 0.438. The van der Waals surface area contributed by atoms with Gasteiger partial charge in [-0.1, -0.05) is 13.8 Å². The van der Waals surface area contributed by atoms with E-state index in [9.17, 15) is 0 Å². The third-order valence-corrected chi connectivity index (χ3v) is 2.13. The first-order valence-corrected chi connectivity index (χ1v) is 4.53. The van der Waals surface area contributed by atoms with Crippen molar-refractivity contribution in [1.82, 2.24) is 4.98 Å². The second kappa shape index (κ2) is 2.87. The molecule has 13 heavy (non-hydrogen) atoms. The Hall–Kier alpha value is -1.31. The van der Waals surface area contributed by atoms with Gasteiger partial charge in [-0.05, 0) is 19.1 Å². The third kappa shape index (κ3) is 1.44. The second-order valence-electron chi connectivity index (χ2n) is 3.67. The lowest BCUT2D eigenvalue weighted by atomic mass is 10.1. The average molecular weight is 175 g/mol. The van der Waals surface area contributed by atoms with Crippen LogP contribution in [0.15, 0.2) is 22.7 Å². The summed E-state index contributed by atoms with van der Waals surface area (Å²) >= 11 is 0. The van der Waals surface area contributed by atoms with E-state index in [1.165, 1.54) is 0 Å². The molecule has 2 aromatic heterocycles. The van der Waals surface area contributed by atoms with Gasteiger partial charge < -0.3 is 4.42 Å². The molecule has 0 saturated carbocycles. The molecule has 0 atom stereocenters. The lowest BCUT2D eigenvalue weighted by molar-refractivity contribution is 0.521. The van der Waals surface area contributed by atoms with Crippen molar-refractivity contribution in [3.63, 3.8) is 0 Å². The molecule has 0 aromatic carbocycles. The van der Waals surface area contributed by atoms with Crippen molar-refractivity contribution < 1.29 is 4.42 Å². The number of hydrogen-bond donors (Lipinski definition) is 0. The highest BCUT2D eigenvalue weighted by molar-refractivity contribution is 5.77. The Kier molecular flexibility index (Phi) is 1.83. The number of pyridine rings is 1. The highest BCUT2D eigenvalue weighted by Crippen LogP contribution is 2.24. The number of hydrogen-bond acceptors (Lipinski definition) is 2. The molecule has 0 N–H and O–H groups in total. The van der Waals surface area contributed by atoms with Crippen LogP contribution in [-0.4, -0.2) is 4.98 Å². The number of rotatable bonds is 1. The van der Waals surface area contributed by atoms with Gasteiger partial charge in [-0.15, -0.1) is 0 Å². The molecule has 2 heteroatoms. The predicted octanol–water partition coefficient (Wildman–Crippen LogP) is 3.26. The zero-order chi connectivity index (χ0) is 9.42. The van der Waals surface area contributed by atoms with E-state index in [0.717, 1.165) is 22.4 Å². The number of aryl methyl sites for hydroxylation is 1. The summed E-state index contributed by atoms with van der Waals surface area (Å²) in [4.78, 5) is 4.19. The van der Waals surface area contributed by atoms with Crippen LogP contribution in [0.25, 0.3) is 11.0 Å². The summed E-state index contributed by atoms with van der Waals surface area (Å²) in [7, 11) is 0. The summed E-state index contributed by atoms with van der Waals surface area (Å²) in [6.07, 6.45) is 1.79. The number of aromatic nitrogens is 1. The van der Waals surface area contributed by atoms with Crippen LogP contribution in [0.2, 0.25) is 0 Å². The topological polar surface area (TPSA) is 26.0 Å². The molecule has 0 bridgehead atoms. The van der Waals surface area contributed by atoms with Crippen LogP contribution in [-0.2, 0) is 0 Å². The van der Waals surface area contributed by atoms with E-state index in [2.05, 4.69) is 24.9 Å². The smallest absolute Gasteiger partial charge is 0.152 e. The highest BCUT2D eigenvalue weighted by atomic mass is 16.3. The quantitative estimate of drug-likeness (QED) is 0.664. The molecule has 2 rings (SSSR count). The fourth-order valence-corrected chi connectivity index (χ4v) is 1.36. The molecule has 68 valence electrons. The van der Waals surface area contributed by atoms with Gasteiger partial charge in [0.15, 0.2) is 5.58 Å². The van der Waals surface area contributed by atoms with Gasteiger partial charge in [0.2, 0.25) is 0 Å². The minimum Gasteiger partial charge on any atom is -0.459 e. The van der Waals surface area contributed by atoms with Crippen LogP contribution < -0.4 is 0 Å². The van der Waals surface area contributed by atoms with E-state index in [4.69, 9.17) is 4.42 Å². The van der Waals surface area contributed by atoms with Gasteiger partial charge in [0.25, 0.3) is 0 Å². The van der Waals surface area contributed by atoms with Crippen LogP contribution in [0, 0.1) is 6.92 Å². The van der Waals surface area contributed by atoms with Crippen molar-refractivity contribution >= 4 is 11.0 Å². The first kappa shape index (κ1) is 8.30. The Morgan fingerprint density at radius 2 is 2.08 bits per heavy atom. The van der Waals surface area contributed by atoms with Gasteiger partial charge in [0.1, 0.15) is 5.76 Å². The van der Waals surface area contributed by atoms with Crippen molar-refractivity contribution in [3.8, 4) is 0 Å². The van der Waals surface area contributed by atoms with Crippen molar-refractivity contribution in [2.45, 2.75) is 26.7 Å². The van der Waals surface area contributed by atoms with Crippen molar-refractivity contribution in [3.05, 3.63) is 29.8 Å². The molecule has 2 heterocycles. The Balaban J connectivity index is 2.62. The van der Waals surface area contributed by atoms with Gasteiger partial charge in [0, 0.05) is 17.0 Å². The van der Waals surface area contributed by atoms with Crippen LogP contribution in [0.5, 0.6) is 0 Å². The maximum Gasteiger partial charge on any atom is 0.152 e. The van der Waals surface area contributed by atoms with Crippen molar-refractivity contribution in [2.75, 3.05) is 0 Å². The minimum atomic E-state index is 0.438. The van der Waals surface area contributed by atoms with E-state index in [0.29, 0.717) is 5.92 Å². The number of furan rings is 1. The Bertz CT molecular complexity index is 429. The first-order valence-electron chi connectivity index (χ1n) is 4.53. The van der Waals surface area contributed by atoms with Gasteiger partial charge in [0.05, 0.1) is 6.20 Å². The summed E-state index contributed by atoms with van der Waals surface area (Å²) in [6.45, 7) is 6.23. The average Bonchev–Trinajstić information content (AvgIpc) is 2.46. The molecule has 0 aliphatic carbocycles. The maximum absolute atomic E-state index is 5.62.